The number of ether oxygens (including phenoxy) is 1. The van der Waals surface area contributed by atoms with Crippen molar-refractivity contribution in [2.75, 3.05) is 18.4 Å². The van der Waals surface area contributed by atoms with E-state index in [9.17, 15) is 13.9 Å². The Morgan fingerprint density at radius 3 is 2.94 bits per heavy atom. The summed E-state index contributed by atoms with van der Waals surface area (Å²) in [5.74, 6) is 4.84. The van der Waals surface area contributed by atoms with Crippen LogP contribution >= 0.6 is 11.9 Å². The Hall–Kier alpha value is -3.32. The number of hydrogen-bond acceptors (Lipinski definition) is 7. The molecule has 1 atom stereocenters. The minimum Gasteiger partial charge on any atom is -0.480 e. The number of anilines is 1. The van der Waals surface area contributed by atoms with Gasteiger partial charge in [-0.25, -0.2) is 19.2 Å². The van der Waals surface area contributed by atoms with Gasteiger partial charge in [0.2, 0.25) is 5.88 Å². The van der Waals surface area contributed by atoms with Crippen LogP contribution in [0.25, 0.3) is 5.57 Å². The lowest BCUT2D eigenvalue weighted by atomic mass is 10.0. The number of nitrogens with one attached hydrogen (secondary N) is 2. The number of aliphatic hydroxyl groups is 1. The second-order valence-electron chi connectivity index (χ2n) is 6.99. The van der Waals surface area contributed by atoms with Gasteiger partial charge < -0.3 is 14.6 Å². The normalized spacial score (nSPS) is 15.7. The van der Waals surface area contributed by atoms with E-state index in [0.717, 1.165) is 40.4 Å². The summed E-state index contributed by atoms with van der Waals surface area (Å²) in [4.78, 5) is 4.60. The van der Waals surface area contributed by atoms with E-state index in [1.165, 1.54) is 19.2 Å². The Bertz CT molecular complexity index is 1200. The number of hydrazine groups is 1. The Morgan fingerprint density at radius 2 is 2.19 bits per heavy atom. The zero-order valence-corrected chi connectivity index (χ0v) is 18.1. The van der Waals surface area contributed by atoms with Crippen molar-refractivity contribution >= 4 is 23.2 Å². The number of halogens is 2. The van der Waals surface area contributed by atoms with Gasteiger partial charge in [-0.05, 0) is 54.8 Å². The van der Waals surface area contributed by atoms with E-state index in [-0.39, 0.29) is 4.90 Å². The van der Waals surface area contributed by atoms with Crippen LogP contribution < -0.4 is 14.9 Å². The molecule has 2 aliphatic rings. The molecule has 3 N–H and O–H groups in total. The van der Waals surface area contributed by atoms with Crippen molar-refractivity contribution in [2.24, 2.45) is 0 Å². The largest absolute Gasteiger partial charge is 0.480 e. The minimum atomic E-state index is -0.706. The monoisotopic (exact) mass is 454 g/mol. The van der Waals surface area contributed by atoms with Crippen LogP contribution in [0.3, 0.4) is 0 Å². The predicted octanol–water partition coefficient (Wildman–Crippen LogP) is 3.86. The van der Waals surface area contributed by atoms with Crippen LogP contribution in [0, 0.1) is 23.5 Å². The molecule has 1 aromatic carbocycles. The molecule has 0 fully saturated rings. The molecular weight excluding hydrogens is 434 g/mol. The lowest BCUT2D eigenvalue weighted by Crippen LogP contribution is -2.27. The summed E-state index contributed by atoms with van der Waals surface area (Å²) in [5, 5.41) is 11.3. The molecule has 9 heteroatoms. The number of hydrogen-bond donors (Lipinski definition) is 3. The molecule has 6 nitrogen and oxygen atoms in total. The average molecular weight is 455 g/mol. The Kier molecular flexibility index (Phi) is 6.46. The summed E-state index contributed by atoms with van der Waals surface area (Å²) in [6.45, 7) is 2.19. The first-order valence-corrected chi connectivity index (χ1v) is 10.5. The molecule has 2 aromatic rings. The highest BCUT2D eigenvalue weighted by Crippen LogP contribution is 2.34. The summed E-state index contributed by atoms with van der Waals surface area (Å²) in [7, 11) is 1.50. The smallest absolute Gasteiger partial charge is 0.237 e. The number of pyridine rings is 1. The summed E-state index contributed by atoms with van der Waals surface area (Å²) in [6, 6.07) is 5.24. The topological polar surface area (TPSA) is 69.7 Å². The maximum atomic E-state index is 14.0. The van der Waals surface area contributed by atoms with Gasteiger partial charge in [0.05, 0.1) is 24.2 Å². The second-order valence-corrected chi connectivity index (χ2v) is 7.84. The molecule has 0 bridgehead atoms. The Morgan fingerprint density at radius 1 is 1.34 bits per heavy atom. The second kappa shape index (κ2) is 9.44. The predicted molar refractivity (Wildman–Crippen MR) is 120 cm³/mol. The summed E-state index contributed by atoms with van der Waals surface area (Å²) in [5.41, 5.74) is 7.23. The van der Waals surface area contributed by atoms with E-state index in [2.05, 4.69) is 27.0 Å². The number of aromatic nitrogens is 1. The zero-order chi connectivity index (χ0) is 22.7. The molecular formula is C23H20F2N4O2S. The third-order valence-corrected chi connectivity index (χ3v) is 5.54. The minimum absolute atomic E-state index is 0.245. The number of nitrogens with zero attached hydrogens (tertiary/aromatic N) is 2. The highest BCUT2D eigenvalue weighted by Gasteiger charge is 2.22. The van der Waals surface area contributed by atoms with Crippen LogP contribution in [0.5, 0.6) is 5.88 Å². The van der Waals surface area contributed by atoms with E-state index in [1.54, 1.807) is 13.1 Å². The van der Waals surface area contributed by atoms with Gasteiger partial charge in [-0.15, -0.1) is 0 Å². The van der Waals surface area contributed by atoms with Crippen molar-refractivity contribution in [2.45, 2.75) is 17.9 Å². The molecule has 164 valence electrons. The van der Waals surface area contributed by atoms with Gasteiger partial charge in [0.15, 0.2) is 0 Å². The fraction of sp³-hybridized carbons (Fsp3) is 0.174. The number of benzene rings is 1. The van der Waals surface area contributed by atoms with E-state index < -0.39 is 17.7 Å². The third-order valence-electron chi connectivity index (χ3n) is 4.66. The van der Waals surface area contributed by atoms with Crippen molar-refractivity contribution < 1.29 is 18.6 Å². The van der Waals surface area contributed by atoms with Gasteiger partial charge in [0, 0.05) is 29.6 Å². The van der Waals surface area contributed by atoms with Gasteiger partial charge in [0.1, 0.15) is 23.4 Å². The van der Waals surface area contributed by atoms with Crippen molar-refractivity contribution in [1.82, 2.24) is 15.4 Å². The fourth-order valence-electron chi connectivity index (χ4n) is 3.12. The van der Waals surface area contributed by atoms with Gasteiger partial charge >= 0.3 is 0 Å². The van der Waals surface area contributed by atoms with Crippen molar-refractivity contribution in [3.05, 3.63) is 77.3 Å². The molecule has 1 aromatic heterocycles. The number of rotatable bonds is 5. The standard InChI is InChI=1S/C23H20F2N4O2S/c1-14(30)3-4-16-13-27-29-8-7-15(10-21(16)29)17-9-20(23(31-2)26-12-17)28-32-22-6-5-18(24)11-19(22)25/h5-12,14,27-28,30H,13H2,1-2H3. The third kappa shape index (κ3) is 4.78. The number of allylic oxidation sites excluding steroid dienone is 3. The first kappa shape index (κ1) is 21.9. The van der Waals surface area contributed by atoms with Gasteiger partial charge in [-0.2, -0.15) is 0 Å². The maximum Gasteiger partial charge on any atom is 0.237 e. The van der Waals surface area contributed by atoms with Crippen molar-refractivity contribution in [3.63, 3.8) is 0 Å². The molecule has 0 aliphatic carbocycles. The van der Waals surface area contributed by atoms with E-state index in [1.807, 2.05) is 29.4 Å². The van der Waals surface area contributed by atoms with Crippen LogP contribution in [0.4, 0.5) is 14.5 Å². The number of methoxy groups -OCH3 is 1. The zero-order valence-electron chi connectivity index (χ0n) is 17.3. The van der Waals surface area contributed by atoms with Crippen molar-refractivity contribution in [3.8, 4) is 17.7 Å². The molecule has 32 heavy (non-hydrogen) atoms. The SMILES string of the molecule is COc1ncc(C2=CC3=C(C#CC(C)O)CNN3C=C2)cc1NSc1ccc(F)cc1F. The van der Waals surface area contributed by atoms with Crippen LogP contribution in [-0.4, -0.2) is 34.9 Å². The van der Waals surface area contributed by atoms with E-state index in [4.69, 9.17) is 4.74 Å². The number of fused-ring (bicyclic) bond motifs is 1. The first-order valence-electron chi connectivity index (χ1n) is 9.72. The molecule has 0 spiro atoms. The highest BCUT2D eigenvalue weighted by atomic mass is 32.2. The summed E-state index contributed by atoms with van der Waals surface area (Å²) >= 11 is 1.00. The average Bonchev–Trinajstić information content (AvgIpc) is 3.19. The van der Waals surface area contributed by atoms with Crippen LogP contribution in [0.1, 0.15) is 12.5 Å². The van der Waals surface area contributed by atoms with E-state index >= 15 is 0 Å². The van der Waals surface area contributed by atoms with Crippen molar-refractivity contribution in [1.29, 1.82) is 0 Å². The van der Waals surface area contributed by atoms with Gasteiger partial charge in [0.25, 0.3) is 0 Å². The molecule has 1 unspecified atom stereocenters. The lowest BCUT2D eigenvalue weighted by Gasteiger charge is -2.20. The molecule has 2 aliphatic heterocycles. The Balaban J connectivity index is 1.62. The lowest BCUT2D eigenvalue weighted by molar-refractivity contribution is 0.253. The summed E-state index contributed by atoms with van der Waals surface area (Å²) in [6.07, 6.45) is 6.78. The van der Waals surface area contributed by atoms with Crippen LogP contribution in [0.2, 0.25) is 0 Å². The van der Waals surface area contributed by atoms with Gasteiger partial charge in [-0.1, -0.05) is 11.8 Å². The first-order chi connectivity index (χ1) is 15.4. The maximum absolute atomic E-state index is 14.0. The molecule has 0 amide bonds. The quantitative estimate of drug-likeness (QED) is 0.468. The van der Waals surface area contributed by atoms with E-state index in [0.29, 0.717) is 18.1 Å². The molecule has 0 saturated heterocycles. The molecule has 4 rings (SSSR count). The molecule has 0 radical (unpaired) electrons. The van der Waals surface area contributed by atoms with Crippen LogP contribution in [-0.2, 0) is 0 Å². The summed E-state index contributed by atoms with van der Waals surface area (Å²) < 4.78 is 35.5. The fourth-order valence-corrected chi connectivity index (χ4v) is 3.78. The van der Waals surface area contributed by atoms with Crippen LogP contribution in [0.15, 0.2) is 65.0 Å². The Labute approximate surface area is 188 Å². The number of aliphatic hydroxyl groups excluding tert-OH is 1. The molecule has 3 heterocycles. The van der Waals surface area contributed by atoms with Gasteiger partial charge in [-0.3, -0.25) is 5.01 Å². The highest BCUT2D eigenvalue weighted by molar-refractivity contribution is 8.00. The molecule has 0 saturated carbocycles.